The Balaban J connectivity index is 0.00000492. The maximum absolute atomic E-state index is 7.21. The van der Waals surface area contributed by atoms with Gasteiger partial charge in [0.25, 0.3) is 6.33 Å². The van der Waals surface area contributed by atoms with Crippen molar-refractivity contribution in [1.82, 2.24) is 18.4 Å². The molecule has 6 nitrogen and oxygen atoms in total. The Morgan fingerprint density at radius 2 is 1.15 bits per heavy atom. The summed E-state index contributed by atoms with van der Waals surface area (Å²) in [7, 11) is 0. The minimum atomic E-state index is -0.0737. The summed E-state index contributed by atoms with van der Waals surface area (Å²) in [5, 5.41) is 10.9. The van der Waals surface area contributed by atoms with Crippen molar-refractivity contribution in [2.75, 3.05) is 0 Å². The summed E-state index contributed by atoms with van der Waals surface area (Å²) in [5.41, 5.74) is 11.3. The summed E-state index contributed by atoms with van der Waals surface area (Å²) in [5.74, 6) is 0.829. The number of pyridine rings is 1. The van der Waals surface area contributed by atoms with E-state index in [-0.39, 0.29) is 26.5 Å². The van der Waals surface area contributed by atoms with Gasteiger partial charge < -0.3 is 17.8 Å². The molecule has 8 bridgehead atoms. The fourth-order valence-electron chi connectivity index (χ4n) is 10.7. The Kier molecular flexibility index (Phi) is 9.88. The third-order valence-electron chi connectivity index (χ3n) is 14.1. The summed E-state index contributed by atoms with van der Waals surface area (Å²) in [4.78, 5) is 5.00. The number of rotatable bonds is 1. The second-order valence-corrected chi connectivity index (χ2v) is 19.2. The van der Waals surface area contributed by atoms with Crippen molar-refractivity contribution in [2.24, 2.45) is 0 Å². The predicted octanol–water partition coefficient (Wildman–Crippen LogP) is 15.6. The molecule has 0 aliphatic carbocycles. The molecule has 0 spiro atoms. The summed E-state index contributed by atoms with van der Waals surface area (Å²) < 4.78 is 16.1. The molecule has 5 aromatic heterocycles. The zero-order chi connectivity index (χ0) is 46.7. The zero-order valence-electron chi connectivity index (χ0n) is 39.1. The van der Waals surface area contributed by atoms with Crippen LogP contribution in [0.5, 0.6) is 0 Å². The average molecular weight is 1090 g/mol. The molecule has 0 saturated heterocycles. The van der Waals surface area contributed by atoms with Gasteiger partial charge in [-0.1, -0.05) is 164 Å². The molecule has 7 heteroatoms. The van der Waals surface area contributed by atoms with E-state index in [1.807, 2.05) is 18.3 Å². The number of aromatic nitrogens is 5. The average Bonchev–Trinajstić information content (AvgIpc) is 4.06. The molecule has 71 heavy (non-hydrogen) atoms. The van der Waals surface area contributed by atoms with Crippen LogP contribution in [-0.4, -0.2) is 18.4 Å². The van der Waals surface area contributed by atoms with Crippen molar-refractivity contribution in [3.05, 3.63) is 230 Å². The molecule has 0 aliphatic rings. The van der Waals surface area contributed by atoms with Gasteiger partial charge in [0.05, 0.1) is 27.6 Å². The molecule has 5 heterocycles. The van der Waals surface area contributed by atoms with Gasteiger partial charge in [-0.05, 0) is 92.0 Å². The first-order valence-electron chi connectivity index (χ1n) is 23.8. The standard InChI is InChI=1S/C64H43N5O.Pt/c1-64(2,3)43-32-33-65-63(36-43)69-57-27-11-8-24-51(57)53-38-54-49-22-5-4-20-47(49)42-30-31-52-50-23-7-10-26-56(50)68(60(52)35-42)45-18-14-16-41(34-45)48-21-6-9-25-55(48)67-40-66(58-28-12-13-29-59(58)67)44-17-15-19-46(37-44)70-62(54)39-61(53)69;/h4-36,38H,1-3H3;/q-2;. The molecule has 0 aliphatic heterocycles. The van der Waals surface area contributed by atoms with Crippen LogP contribution in [-0.2, 0) is 26.5 Å². The van der Waals surface area contributed by atoms with Gasteiger partial charge in [0, 0.05) is 60.2 Å². The summed E-state index contributed by atoms with van der Waals surface area (Å²) >= 11 is 0. The molecule has 0 radical (unpaired) electrons. The Bertz CT molecular complexity index is 4720. The molecule has 342 valence electrons. The first-order chi connectivity index (χ1) is 34.3. The van der Waals surface area contributed by atoms with Crippen LogP contribution in [0.15, 0.2) is 211 Å². The molecule has 0 saturated carbocycles. The maximum atomic E-state index is 7.21. The fraction of sp³-hybridized carbons (Fsp3) is 0.0625. The molecular weight excluding hydrogens is 1050 g/mol. The Labute approximate surface area is 422 Å². The number of para-hydroxylation sites is 5. The van der Waals surface area contributed by atoms with E-state index >= 15 is 0 Å². The smallest absolute Gasteiger partial charge is 0.268 e. The van der Waals surface area contributed by atoms with Gasteiger partial charge in [-0.3, -0.25) is 4.40 Å². The van der Waals surface area contributed by atoms with Gasteiger partial charge in [0.2, 0.25) is 0 Å². The Morgan fingerprint density at radius 3 is 1.97 bits per heavy atom. The maximum Gasteiger partial charge on any atom is 0.268 e. The van der Waals surface area contributed by atoms with Crippen LogP contribution in [0.2, 0.25) is 0 Å². The second kappa shape index (κ2) is 16.4. The predicted molar refractivity (Wildman–Crippen MR) is 288 cm³/mol. The van der Waals surface area contributed by atoms with Crippen molar-refractivity contribution >= 4 is 115 Å². The van der Waals surface area contributed by atoms with Crippen LogP contribution < -0.4 is 4.40 Å². The van der Waals surface area contributed by atoms with E-state index in [1.165, 1.54) is 16.3 Å². The van der Waals surface area contributed by atoms with Gasteiger partial charge >= 0.3 is 0 Å². The molecular formula is C64H43N5OPt-2. The zero-order valence-corrected chi connectivity index (χ0v) is 41.4. The molecule has 0 unspecified atom stereocenters. The van der Waals surface area contributed by atoms with Gasteiger partial charge in [0.15, 0.2) is 0 Å². The van der Waals surface area contributed by atoms with E-state index in [4.69, 9.17) is 9.40 Å². The number of imidazole rings is 1. The van der Waals surface area contributed by atoms with Crippen LogP contribution in [0.3, 0.4) is 0 Å². The number of hydrogen-bond acceptors (Lipinski definition) is 2. The van der Waals surface area contributed by atoms with E-state index in [1.54, 1.807) is 0 Å². The number of hydrogen-bond donors (Lipinski definition) is 0. The molecule has 14 rings (SSSR count). The van der Waals surface area contributed by atoms with Crippen molar-refractivity contribution in [1.29, 1.82) is 0 Å². The van der Waals surface area contributed by atoms with E-state index in [9.17, 15) is 0 Å². The Morgan fingerprint density at radius 1 is 0.493 bits per heavy atom. The van der Waals surface area contributed by atoms with Crippen LogP contribution in [0.1, 0.15) is 26.3 Å². The summed E-state index contributed by atoms with van der Waals surface area (Å²) in [6.07, 6.45) is 5.68. The first kappa shape index (κ1) is 42.8. The third-order valence-corrected chi connectivity index (χ3v) is 14.1. The van der Waals surface area contributed by atoms with Crippen molar-refractivity contribution in [2.45, 2.75) is 26.2 Å². The SMILES string of the molecule is CC(C)(C)c1ccnc(-n2c3[c-]c4oc5[c-]c(ccc5)n5[c-][n+](c6ccccc6c6cccc(c6)n6c7ccccc7c7ccc(cc76)c6ccccc6c4cc3c3ccccc32)c2ccccc25)c1.[Pt]. The molecule has 0 amide bonds. The van der Waals surface area contributed by atoms with E-state index in [0.717, 1.165) is 98.6 Å². The summed E-state index contributed by atoms with van der Waals surface area (Å²) in [6, 6.07) is 79.1. The molecule has 0 fully saturated rings. The van der Waals surface area contributed by atoms with E-state index in [0.29, 0.717) is 11.2 Å². The quantitative estimate of drug-likeness (QED) is 0.121. The summed E-state index contributed by atoms with van der Waals surface area (Å²) in [6.45, 7) is 6.71. The topological polar surface area (TPSA) is 43.9 Å². The monoisotopic (exact) mass is 1090 g/mol. The van der Waals surface area contributed by atoms with Crippen molar-refractivity contribution in [3.8, 4) is 5.82 Å². The van der Waals surface area contributed by atoms with Gasteiger partial charge in [-0.15, -0.1) is 23.6 Å². The van der Waals surface area contributed by atoms with Crippen LogP contribution in [0.25, 0.3) is 120 Å². The molecule has 14 aromatic rings. The van der Waals surface area contributed by atoms with E-state index in [2.05, 4.69) is 245 Å². The van der Waals surface area contributed by atoms with Crippen molar-refractivity contribution in [3.63, 3.8) is 0 Å². The minimum absolute atomic E-state index is 0. The van der Waals surface area contributed by atoms with Crippen LogP contribution in [0.4, 0.5) is 0 Å². The van der Waals surface area contributed by atoms with E-state index < -0.39 is 0 Å². The van der Waals surface area contributed by atoms with Gasteiger partial charge in [0.1, 0.15) is 5.82 Å². The number of fused-ring (bicyclic) bond motifs is 25. The minimum Gasteiger partial charge on any atom is -0.509 e. The normalized spacial score (nSPS) is 12.0. The van der Waals surface area contributed by atoms with Gasteiger partial charge in [-0.25, -0.2) is 4.98 Å². The fourth-order valence-corrected chi connectivity index (χ4v) is 10.7. The largest absolute Gasteiger partial charge is 0.509 e. The molecule has 0 atom stereocenters. The third kappa shape index (κ3) is 6.81. The first-order valence-corrected chi connectivity index (χ1v) is 23.8. The number of benzene rings is 9. The van der Waals surface area contributed by atoms with Crippen LogP contribution >= 0.6 is 0 Å². The number of nitrogens with zero attached hydrogens (tertiary/aromatic N) is 5. The molecule has 0 N–H and O–H groups in total. The second-order valence-electron chi connectivity index (χ2n) is 19.2. The Hall–Kier alpha value is -8.31. The van der Waals surface area contributed by atoms with Crippen LogP contribution in [0, 0.1) is 18.5 Å². The molecule has 9 aromatic carbocycles. The van der Waals surface area contributed by atoms with Gasteiger partial charge in [-0.2, -0.15) is 18.2 Å². The van der Waals surface area contributed by atoms with Crippen molar-refractivity contribution < 1.29 is 29.9 Å².